The fraction of sp³-hybridized carbons (Fsp3) is 0.0952. The van der Waals surface area contributed by atoms with Gasteiger partial charge in [-0.3, -0.25) is 24.6 Å². The van der Waals surface area contributed by atoms with E-state index >= 15 is 0 Å². The zero-order valence-electron chi connectivity index (χ0n) is 15.3. The van der Waals surface area contributed by atoms with Crippen molar-refractivity contribution in [1.82, 2.24) is 10.2 Å². The average molecular weight is 428 g/mol. The van der Waals surface area contributed by atoms with Crippen LogP contribution >= 0.6 is 23.2 Å². The maximum atomic E-state index is 13.1. The van der Waals surface area contributed by atoms with E-state index in [9.17, 15) is 14.4 Å². The molecule has 1 aliphatic rings. The van der Waals surface area contributed by atoms with E-state index in [4.69, 9.17) is 23.2 Å². The van der Waals surface area contributed by atoms with Gasteiger partial charge in [0.1, 0.15) is 5.57 Å². The first kappa shape index (κ1) is 19.2. The number of para-hydroxylation sites is 1. The highest BCUT2D eigenvalue weighted by Crippen LogP contribution is 2.29. The van der Waals surface area contributed by atoms with E-state index in [1.54, 1.807) is 42.5 Å². The van der Waals surface area contributed by atoms with E-state index in [-0.39, 0.29) is 16.1 Å². The highest BCUT2D eigenvalue weighted by molar-refractivity contribution is 6.51. The number of nitrogens with zero attached hydrogens (tertiary/aromatic N) is 1. The lowest BCUT2D eigenvalue weighted by atomic mass is 9.94. The Morgan fingerprint density at radius 2 is 1.79 bits per heavy atom. The summed E-state index contributed by atoms with van der Waals surface area (Å²) in [6.07, 6.45) is 1.52. The zero-order chi connectivity index (χ0) is 20.7. The highest BCUT2D eigenvalue weighted by atomic mass is 35.5. The lowest BCUT2D eigenvalue weighted by Gasteiger charge is -2.28. The molecule has 1 amide bonds. The third-order valence-corrected chi connectivity index (χ3v) is 5.33. The number of rotatable bonds is 2. The molecule has 8 heteroatoms. The number of fused-ring (bicyclic) bond motifs is 1. The normalized spacial score (nSPS) is 16.4. The van der Waals surface area contributed by atoms with Gasteiger partial charge in [-0.1, -0.05) is 41.4 Å². The number of benzene rings is 2. The number of H-pyrrole nitrogens is 2. The van der Waals surface area contributed by atoms with Crippen LogP contribution in [0.4, 0.5) is 5.69 Å². The largest absolute Gasteiger partial charge is 0.308 e. The number of carbonyl (C=O) groups excluding carboxylic acids is 2. The summed E-state index contributed by atoms with van der Waals surface area (Å²) in [5, 5.41) is 6.21. The number of halogens is 2. The molecule has 0 radical (unpaired) electrons. The predicted molar refractivity (Wildman–Crippen MR) is 113 cm³/mol. The van der Waals surface area contributed by atoms with Crippen LogP contribution in [0.25, 0.3) is 11.6 Å². The van der Waals surface area contributed by atoms with Gasteiger partial charge < -0.3 is 4.90 Å². The maximum Gasteiger partial charge on any atom is 0.271 e. The minimum Gasteiger partial charge on any atom is -0.308 e. The summed E-state index contributed by atoms with van der Waals surface area (Å²) in [4.78, 5) is 40.2. The Morgan fingerprint density at radius 1 is 1.03 bits per heavy atom. The van der Waals surface area contributed by atoms with E-state index in [1.807, 2.05) is 6.92 Å². The van der Waals surface area contributed by atoms with Crippen molar-refractivity contribution in [3.63, 3.8) is 0 Å². The smallest absolute Gasteiger partial charge is 0.271 e. The van der Waals surface area contributed by atoms with Crippen LogP contribution in [-0.2, 0) is 4.79 Å². The molecule has 0 unspecified atom stereocenters. The van der Waals surface area contributed by atoms with Gasteiger partial charge in [0.2, 0.25) is 5.78 Å². The number of amides is 1. The number of carbonyl (C=O) groups is 2. The number of Topliss-reactive ketones (excluding diaryl/α,β-unsaturated/α-hetero) is 1. The minimum absolute atomic E-state index is 0.0970. The van der Waals surface area contributed by atoms with Crippen molar-refractivity contribution in [3.05, 3.63) is 84.6 Å². The number of nitrogens with one attached hydrogen (secondary N) is 2. The molecule has 1 aliphatic heterocycles. The summed E-state index contributed by atoms with van der Waals surface area (Å²) in [5.41, 5.74) is 0.923. The van der Waals surface area contributed by atoms with Crippen molar-refractivity contribution in [3.8, 4) is 0 Å². The van der Waals surface area contributed by atoms with Crippen molar-refractivity contribution in [2.75, 3.05) is 11.4 Å². The molecule has 0 bridgehead atoms. The van der Waals surface area contributed by atoms with Gasteiger partial charge in [-0.2, -0.15) is 0 Å². The Balaban J connectivity index is 2.05. The van der Waals surface area contributed by atoms with Crippen LogP contribution < -0.4 is 21.0 Å². The number of anilines is 1. The molecule has 3 aromatic rings. The monoisotopic (exact) mass is 427 g/mol. The number of hydrogen-bond donors (Lipinski definition) is 2. The fourth-order valence-corrected chi connectivity index (χ4v) is 3.85. The molecule has 1 aromatic heterocycles. The van der Waals surface area contributed by atoms with Crippen molar-refractivity contribution in [2.45, 2.75) is 6.92 Å². The van der Waals surface area contributed by atoms with Crippen LogP contribution in [0.5, 0.6) is 0 Å². The van der Waals surface area contributed by atoms with Gasteiger partial charge in [0.05, 0.1) is 16.3 Å². The van der Waals surface area contributed by atoms with E-state index in [0.717, 1.165) is 0 Å². The summed E-state index contributed by atoms with van der Waals surface area (Å²) in [7, 11) is 0. The third-order valence-electron chi connectivity index (χ3n) is 4.77. The van der Waals surface area contributed by atoms with Crippen LogP contribution in [0, 0.1) is 0 Å². The quantitative estimate of drug-likeness (QED) is 0.657. The molecular weight excluding hydrogens is 413 g/mol. The van der Waals surface area contributed by atoms with Gasteiger partial charge in [0.15, 0.2) is 0 Å². The molecule has 0 aliphatic carbocycles. The van der Waals surface area contributed by atoms with E-state index in [0.29, 0.717) is 33.4 Å². The van der Waals surface area contributed by atoms with Crippen molar-refractivity contribution >= 4 is 52.2 Å². The van der Waals surface area contributed by atoms with Gasteiger partial charge in [0, 0.05) is 22.2 Å². The molecule has 0 saturated heterocycles. The lowest BCUT2D eigenvalue weighted by molar-refractivity contribution is -0.113. The molecule has 29 heavy (non-hydrogen) atoms. The van der Waals surface area contributed by atoms with Gasteiger partial charge in [0.25, 0.3) is 11.5 Å². The molecule has 0 spiro atoms. The molecule has 2 aromatic carbocycles. The molecule has 146 valence electrons. The Labute approximate surface area is 175 Å². The first-order valence-corrected chi connectivity index (χ1v) is 9.61. The summed E-state index contributed by atoms with van der Waals surface area (Å²) in [6, 6.07) is 11.7. The predicted octanol–water partition coefficient (Wildman–Crippen LogP) is 2.24. The molecule has 0 saturated carbocycles. The summed E-state index contributed by atoms with van der Waals surface area (Å²) in [6.45, 7) is 2.20. The summed E-state index contributed by atoms with van der Waals surface area (Å²) < 4.78 is 0. The van der Waals surface area contributed by atoms with Crippen LogP contribution in [0.3, 0.4) is 0 Å². The van der Waals surface area contributed by atoms with Crippen molar-refractivity contribution in [1.29, 1.82) is 0 Å². The minimum atomic E-state index is -0.471. The highest BCUT2D eigenvalue weighted by Gasteiger charge is 2.35. The Hall–Kier alpha value is -3.09. The maximum absolute atomic E-state index is 13.1. The summed E-state index contributed by atoms with van der Waals surface area (Å²) >= 11 is 12.1. The molecule has 4 rings (SSSR count). The van der Waals surface area contributed by atoms with Crippen molar-refractivity contribution < 1.29 is 9.59 Å². The first-order valence-electron chi connectivity index (χ1n) is 8.85. The lowest BCUT2D eigenvalue weighted by Crippen LogP contribution is -2.45. The zero-order valence-corrected chi connectivity index (χ0v) is 16.8. The standard InChI is InChI=1S/C21H15Cl2N3O3/c1-2-26-16-6-4-3-5-13(16)19(27)17(21(26)29)18-14(20(28)25-24-18)9-11-7-8-12(22)10-15(11)23/h3-10,24H,2H2,1H3,(H,25,28)/b14-9-,18-17+. The summed E-state index contributed by atoms with van der Waals surface area (Å²) in [5.74, 6) is -0.911. The Morgan fingerprint density at radius 3 is 2.52 bits per heavy atom. The Kier molecular flexibility index (Phi) is 4.90. The van der Waals surface area contributed by atoms with Gasteiger partial charge in [-0.25, -0.2) is 0 Å². The molecule has 2 heterocycles. The second kappa shape index (κ2) is 7.39. The van der Waals surface area contributed by atoms with E-state index in [2.05, 4.69) is 10.2 Å². The first-order chi connectivity index (χ1) is 13.9. The molecule has 2 N–H and O–H groups in total. The fourth-order valence-electron chi connectivity index (χ4n) is 3.39. The van der Waals surface area contributed by atoms with Crippen LogP contribution in [0.15, 0.2) is 47.3 Å². The number of aromatic amines is 2. The number of aromatic nitrogens is 2. The third kappa shape index (κ3) is 3.20. The topological polar surface area (TPSA) is 86.0 Å². The van der Waals surface area contributed by atoms with Crippen LogP contribution in [0.1, 0.15) is 22.8 Å². The van der Waals surface area contributed by atoms with Gasteiger partial charge >= 0.3 is 0 Å². The SMILES string of the molecule is CCN1C(=O)/C(=c2/[nH][nH]c(=O)/c2=C\c2ccc(Cl)cc2Cl)C(=O)c2ccccc21. The van der Waals surface area contributed by atoms with E-state index < -0.39 is 17.2 Å². The van der Waals surface area contributed by atoms with E-state index in [1.165, 1.54) is 11.0 Å². The second-order valence-corrected chi connectivity index (χ2v) is 7.29. The van der Waals surface area contributed by atoms with Gasteiger partial charge in [-0.15, -0.1) is 0 Å². The molecular formula is C21H15Cl2N3O3. The number of hydrogen-bond acceptors (Lipinski definition) is 3. The number of ketones is 1. The average Bonchev–Trinajstić information content (AvgIpc) is 3.05. The van der Waals surface area contributed by atoms with Crippen LogP contribution in [0.2, 0.25) is 10.0 Å². The van der Waals surface area contributed by atoms with Crippen LogP contribution in [-0.4, -0.2) is 28.4 Å². The molecule has 6 nitrogen and oxygen atoms in total. The van der Waals surface area contributed by atoms with Crippen molar-refractivity contribution in [2.24, 2.45) is 0 Å². The second-order valence-electron chi connectivity index (χ2n) is 6.45. The molecule has 0 fully saturated rings. The van der Waals surface area contributed by atoms with Gasteiger partial charge in [-0.05, 0) is 42.8 Å². The molecule has 0 atom stereocenters. The Bertz CT molecular complexity index is 1340.